The Balaban J connectivity index is 2.03. The van der Waals surface area contributed by atoms with Crippen LogP contribution in [0.2, 0.25) is 0 Å². The lowest BCUT2D eigenvalue weighted by molar-refractivity contribution is 0.102. The largest absolute Gasteiger partial charge is 0.372 e. The van der Waals surface area contributed by atoms with Crippen LogP contribution in [0.5, 0.6) is 0 Å². The zero-order chi connectivity index (χ0) is 18.9. The number of hydrogen-bond donors (Lipinski definition) is 2. The van der Waals surface area contributed by atoms with Crippen LogP contribution in [0.1, 0.15) is 49.7 Å². The molecular formula is C20H29N5O. The minimum absolute atomic E-state index is 0.253. The van der Waals surface area contributed by atoms with Gasteiger partial charge in [-0.1, -0.05) is 13.3 Å². The Morgan fingerprint density at radius 1 is 1.12 bits per heavy atom. The van der Waals surface area contributed by atoms with Crippen molar-refractivity contribution < 1.29 is 4.79 Å². The van der Waals surface area contributed by atoms with Crippen LogP contribution in [0.15, 0.2) is 30.6 Å². The van der Waals surface area contributed by atoms with E-state index in [0.29, 0.717) is 11.5 Å². The second kappa shape index (κ2) is 9.75. The van der Waals surface area contributed by atoms with E-state index >= 15 is 0 Å². The summed E-state index contributed by atoms with van der Waals surface area (Å²) in [4.78, 5) is 23.2. The number of anilines is 3. The van der Waals surface area contributed by atoms with E-state index in [0.717, 1.165) is 49.4 Å². The Bertz CT molecular complexity index is 711. The first-order valence-electron chi connectivity index (χ1n) is 9.31. The number of carbonyl (C=O) groups is 1. The maximum Gasteiger partial charge on any atom is 0.275 e. The molecule has 0 unspecified atom stereocenters. The SMILES string of the molecule is CCCCNc1cnc(C(=O)Nc2ccc(N(CC)CC)cc2C)cn1. The van der Waals surface area contributed by atoms with E-state index in [1.54, 1.807) is 6.20 Å². The molecule has 140 valence electrons. The van der Waals surface area contributed by atoms with E-state index in [1.165, 1.54) is 6.20 Å². The van der Waals surface area contributed by atoms with Crippen LogP contribution in [0, 0.1) is 6.92 Å². The van der Waals surface area contributed by atoms with Gasteiger partial charge in [-0.25, -0.2) is 9.97 Å². The molecule has 0 fully saturated rings. The highest BCUT2D eigenvalue weighted by Gasteiger charge is 2.11. The van der Waals surface area contributed by atoms with E-state index in [-0.39, 0.29) is 5.91 Å². The number of hydrogen-bond acceptors (Lipinski definition) is 5. The molecule has 0 aliphatic rings. The summed E-state index contributed by atoms with van der Waals surface area (Å²) in [7, 11) is 0. The molecule has 6 heteroatoms. The third-order valence-corrected chi connectivity index (χ3v) is 4.31. The molecule has 0 spiro atoms. The molecule has 0 aliphatic carbocycles. The molecule has 1 amide bonds. The normalized spacial score (nSPS) is 10.5. The maximum atomic E-state index is 12.4. The van der Waals surface area contributed by atoms with Crippen LogP contribution in [-0.4, -0.2) is 35.5 Å². The predicted molar refractivity (Wildman–Crippen MR) is 108 cm³/mol. The summed E-state index contributed by atoms with van der Waals surface area (Å²) < 4.78 is 0. The van der Waals surface area contributed by atoms with Crippen molar-refractivity contribution >= 4 is 23.1 Å². The van der Waals surface area contributed by atoms with Gasteiger partial charge in [-0.3, -0.25) is 4.79 Å². The van der Waals surface area contributed by atoms with Crippen LogP contribution < -0.4 is 15.5 Å². The maximum absolute atomic E-state index is 12.4. The first kappa shape index (κ1) is 19.7. The second-order valence-electron chi connectivity index (χ2n) is 6.19. The van der Waals surface area contributed by atoms with Gasteiger partial charge in [-0.2, -0.15) is 0 Å². The molecule has 1 aromatic heterocycles. The molecule has 2 aromatic rings. The molecule has 26 heavy (non-hydrogen) atoms. The third-order valence-electron chi connectivity index (χ3n) is 4.31. The van der Waals surface area contributed by atoms with Gasteiger partial charge in [0.05, 0.1) is 12.4 Å². The van der Waals surface area contributed by atoms with Crippen molar-refractivity contribution in [3.63, 3.8) is 0 Å². The quantitative estimate of drug-likeness (QED) is 0.663. The molecule has 0 bridgehead atoms. The first-order chi connectivity index (χ1) is 12.6. The number of nitrogens with one attached hydrogen (secondary N) is 2. The average molecular weight is 355 g/mol. The highest BCUT2D eigenvalue weighted by Crippen LogP contribution is 2.23. The fourth-order valence-corrected chi connectivity index (χ4v) is 2.69. The Hall–Kier alpha value is -2.63. The summed E-state index contributed by atoms with van der Waals surface area (Å²) >= 11 is 0. The van der Waals surface area contributed by atoms with Gasteiger partial charge in [0.15, 0.2) is 0 Å². The molecular weight excluding hydrogens is 326 g/mol. The van der Waals surface area contributed by atoms with Crippen molar-refractivity contribution in [2.24, 2.45) is 0 Å². The van der Waals surface area contributed by atoms with Crippen molar-refractivity contribution in [3.05, 3.63) is 41.9 Å². The summed E-state index contributed by atoms with van der Waals surface area (Å²) in [5.41, 5.74) is 3.28. The van der Waals surface area contributed by atoms with Crippen molar-refractivity contribution in [1.82, 2.24) is 9.97 Å². The Morgan fingerprint density at radius 3 is 2.46 bits per heavy atom. The molecule has 0 atom stereocenters. The van der Waals surface area contributed by atoms with Crippen LogP contribution in [0.4, 0.5) is 17.2 Å². The first-order valence-corrected chi connectivity index (χ1v) is 9.31. The summed E-state index contributed by atoms with van der Waals surface area (Å²) in [6.07, 6.45) is 5.30. The minimum Gasteiger partial charge on any atom is -0.372 e. The Morgan fingerprint density at radius 2 is 1.88 bits per heavy atom. The average Bonchev–Trinajstić information content (AvgIpc) is 2.65. The van der Waals surface area contributed by atoms with Gasteiger partial charge < -0.3 is 15.5 Å². The zero-order valence-electron chi connectivity index (χ0n) is 16.2. The molecule has 1 heterocycles. The van der Waals surface area contributed by atoms with Gasteiger partial charge in [0.2, 0.25) is 0 Å². The number of nitrogens with zero attached hydrogens (tertiary/aromatic N) is 3. The van der Waals surface area contributed by atoms with E-state index < -0.39 is 0 Å². The molecule has 1 aromatic carbocycles. The fraction of sp³-hybridized carbons (Fsp3) is 0.450. The van der Waals surface area contributed by atoms with E-state index in [1.807, 2.05) is 19.1 Å². The van der Waals surface area contributed by atoms with Crippen molar-refractivity contribution in [1.29, 1.82) is 0 Å². The molecule has 0 saturated carbocycles. The number of amides is 1. The molecule has 2 N–H and O–H groups in total. The third kappa shape index (κ3) is 5.18. The summed E-state index contributed by atoms with van der Waals surface area (Å²) in [5.74, 6) is 0.436. The lowest BCUT2D eigenvalue weighted by Crippen LogP contribution is -2.22. The number of aryl methyl sites for hydroxylation is 1. The smallest absolute Gasteiger partial charge is 0.275 e. The van der Waals surface area contributed by atoms with Crippen LogP contribution in [0.25, 0.3) is 0 Å². The van der Waals surface area contributed by atoms with E-state index in [2.05, 4.69) is 52.3 Å². The Labute approximate surface area is 156 Å². The summed E-state index contributed by atoms with van der Waals surface area (Å²) in [6.45, 7) is 11.2. The second-order valence-corrected chi connectivity index (χ2v) is 6.19. The summed E-state index contributed by atoms with van der Waals surface area (Å²) in [5, 5.41) is 6.11. The minimum atomic E-state index is -0.253. The lowest BCUT2D eigenvalue weighted by Gasteiger charge is -2.22. The summed E-state index contributed by atoms with van der Waals surface area (Å²) in [6, 6.07) is 6.06. The van der Waals surface area contributed by atoms with Gasteiger partial charge in [-0.05, 0) is 51.0 Å². The van der Waals surface area contributed by atoms with Gasteiger partial charge in [-0.15, -0.1) is 0 Å². The van der Waals surface area contributed by atoms with Gasteiger partial charge >= 0.3 is 0 Å². The highest BCUT2D eigenvalue weighted by atomic mass is 16.1. The van der Waals surface area contributed by atoms with Gasteiger partial charge in [0.25, 0.3) is 5.91 Å². The zero-order valence-corrected chi connectivity index (χ0v) is 16.2. The van der Waals surface area contributed by atoms with Crippen molar-refractivity contribution in [2.75, 3.05) is 35.2 Å². The monoisotopic (exact) mass is 355 g/mol. The van der Waals surface area contributed by atoms with E-state index in [9.17, 15) is 4.79 Å². The van der Waals surface area contributed by atoms with Gasteiger partial charge in [0, 0.05) is 31.0 Å². The van der Waals surface area contributed by atoms with Crippen molar-refractivity contribution in [2.45, 2.75) is 40.5 Å². The molecule has 0 aliphatic heterocycles. The van der Waals surface area contributed by atoms with Crippen LogP contribution in [-0.2, 0) is 0 Å². The molecule has 0 saturated heterocycles. The number of benzene rings is 1. The molecule has 2 rings (SSSR count). The number of unbranched alkanes of at least 4 members (excludes halogenated alkanes) is 1. The predicted octanol–water partition coefficient (Wildman–Crippen LogP) is 4.10. The number of aromatic nitrogens is 2. The molecule has 0 radical (unpaired) electrons. The lowest BCUT2D eigenvalue weighted by atomic mass is 10.1. The number of rotatable bonds is 9. The van der Waals surface area contributed by atoms with Crippen LogP contribution >= 0.6 is 0 Å². The Kier molecular flexibility index (Phi) is 7.38. The highest BCUT2D eigenvalue weighted by molar-refractivity contribution is 6.03. The number of carbonyl (C=O) groups excluding carboxylic acids is 1. The van der Waals surface area contributed by atoms with Gasteiger partial charge in [0.1, 0.15) is 11.5 Å². The standard InChI is InChI=1S/C20H29N5O/c1-5-8-11-21-19-14-22-18(13-23-19)20(26)24-17-10-9-16(12-15(17)4)25(6-2)7-3/h9-10,12-14H,5-8,11H2,1-4H3,(H,21,23)(H,24,26). The van der Waals surface area contributed by atoms with Crippen LogP contribution in [0.3, 0.4) is 0 Å². The van der Waals surface area contributed by atoms with E-state index in [4.69, 9.17) is 0 Å². The topological polar surface area (TPSA) is 70.2 Å². The van der Waals surface area contributed by atoms with Crippen molar-refractivity contribution in [3.8, 4) is 0 Å². The fourth-order valence-electron chi connectivity index (χ4n) is 2.69. The molecule has 6 nitrogen and oxygen atoms in total.